The van der Waals surface area contributed by atoms with Crippen molar-refractivity contribution in [2.75, 3.05) is 13.2 Å². The van der Waals surface area contributed by atoms with Crippen molar-refractivity contribution in [1.29, 1.82) is 0 Å². The predicted octanol–water partition coefficient (Wildman–Crippen LogP) is 3.44. The van der Waals surface area contributed by atoms with Gasteiger partial charge in [0, 0.05) is 11.6 Å². The van der Waals surface area contributed by atoms with Crippen LogP contribution in [0.2, 0.25) is 0 Å². The smallest absolute Gasteiger partial charge is 0.333 e. The standard InChI is InChI=1S/C19H16O5/c1-12(2)19(21)23-10-9-22-13-7-8-15-17(11-13)24-16-6-4-3-5-14(16)18(15)20/h3-8,11H,1,9-10H2,2H3. The topological polar surface area (TPSA) is 65.7 Å². The molecule has 0 aliphatic rings. The second kappa shape index (κ2) is 6.58. The summed E-state index contributed by atoms with van der Waals surface area (Å²) in [6.07, 6.45) is 0. The number of carbonyl (C=O) groups is 1. The van der Waals surface area contributed by atoms with Crippen LogP contribution in [0, 0.1) is 0 Å². The molecule has 3 rings (SSSR count). The first kappa shape index (κ1) is 15.8. The van der Waals surface area contributed by atoms with E-state index in [1.54, 1.807) is 43.3 Å². The zero-order chi connectivity index (χ0) is 17.1. The van der Waals surface area contributed by atoms with Crippen molar-refractivity contribution in [3.05, 3.63) is 64.8 Å². The number of ether oxygens (including phenoxy) is 2. The average molecular weight is 324 g/mol. The van der Waals surface area contributed by atoms with E-state index in [0.717, 1.165) is 0 Å². The molecule has 5 nitrogen and oxygen atoms in total. The minimum Gasteiger partial charge on any atom is -0.490 e. The number of hydrogen-bond donors (Lipinski definition) is 0. The number of rotatable bonds is 5. The maximum absolute atomic E-state index is 12.4. The molecular formula is C19H16O5. The Morgan fingerprint density at radius 2 is 1.83 bits per heavy atom. The van der Waals surface area contributed by atoms with E-state index in [9.17, 15) is 9.59 Å². The van der Waals surface area contributed by atoms with Gasteiger partial charge in [0.2, 0.25) is 5.43 Å². The number of benzene rings is 2. The molecule has 0 spiro atoms. The van der Waals surface area contributed by atoms with Gasteiger partial charge in [0.25, 0.3) is 0 Å². The summed E-state index contributed by atoms with van der Waals surface area (Å²) in [5, 5.41) is 1.04. The minimum absolute atomic E-state index is 0.0752. The van der Waals surface area contributed by atoms with Crippen molar-refractivity contribution in [3.63, 3.8) is 0 Å². The molecule has 0 N–H and O–H groups in total. The molecule has 0 saturated carbocycles. The molecule has 5 heteroatoms. The van der Waals surface area contributed by atoms with Gasteiger partial charge in [0.15, 0.2) is 0 Å². The van der Waals surface area contributed by atoms with Gasteiger partial charge in [-0.2, -0.15) is 0 Å². The van der Waals surface area contributed by atoms with Gasteiger partial charge >= 0.3 is 5.97 Å². The maximum atomic E-state index is 12.4. The third-order valence-corrected chi connectivity index (χ3v) is 3.48. The van der Waals surface area contributed by atoms with Gasteiger partial charge in [0.1, 0.15) is 30.1 Å². The van der Waals surface area contributed by atoms with Crippen LogP contribution >= 0.6 is 0 Å². The molecule has 2 aromatic carbocycles. The van der Waals surface area contributed by atoms with Crippen molar-refractivity contribution in [2.24, 2.45) is 0 Å². The van der Waals surface area contributed by atoms with Crippen LogP contribution in [0.5, 0.6) is 5.75 Å². The van der Waals surface area contributed by atoms with E-state index in [2.05, 4.69) is 6.58 Å². The summed E-state index contributed by atoms with van der Waals surface area (Å²) in [6, 6.07) is 12.1. The van der Waals surface area contributed by atoms with Gasteiger partial charge in [-0.3, -0.25) is 4.79 Å². The van der Waals surface area contributed by atoms with E-state index in [-0.39, 0.29) is 18.6 Å². The van der Waals surface area contributed by atoms with E-state index in [1.165, 1.54) is 0 Å². The Kier molecular flexibility index (Phi) is 4.33. The summed E-state index contributed by atoms with van der Waals surface area (Å²) >= 11 is 0. The molecular weight excluding hydrogens is 308 g/mol. The summed E-state index contributed by atoms with van der Waals surface area (Å²) in [6.45, 7) is 5.40. The van der Waals surface area contributed by atoms with Crippen molar-refractivity contribution < 1.29 is 18.7 Å². The Morgan fingerprint density at radius 1 is 1.08 bits per heavy atom. The van der Waals surface area contributed by atoms with Gasteiger partial charge in [-0.15, -0.1) is 0 Å². The van der Waals surface area contributed by atoms with Crippen LogP contribution in [-0.2, 0) is 9.53 Å². The largest absolute Gasteiger partial charge is 0.490 e. The number of carbonyl (C=O) groups excluding carboxylic acids is 1. The lowest BCUT2D eigenvalue weighted by Crippen LogP contribution is -2.12. The van der Waals surface area contributed by atoms with E-state index >= 15 is 0 Å². The molecule has 0 atom stereocenters. The normalized spacial score (nSPS) is 10.7. The van der Waals surface area contributed by atoms with Gasteiger partial charge < -0.3 is 13.9 Å². The van der Waals surface area contributed by atoms with Crippen LogP contribution in [0.25, 0.3) is 21.9 Å². The van der Waals surface area contributed by atoms with Crippen LogP contribution in [0.1, 0.15) is 6.92 Å². The first-order valence-corrected chi connectivity index (χ1v) is 7.47. The molecule has 0 radical (unpaired) electrons. The summed E-state index contributed by atoms with van der Waals surface area (Å²) in [4.78, 5) is 23.7. The number of fused-ring (bicyclic) bond motifs is 2. The quantitative estimate of drug-likeness (QED) is 0.311. The lowest BCUT2D eigenvalue weighted by molar-refractivity contribution is -0.139. The Balaban J connectivity index is 1.79. The van der Waals surface area contributed by atoms with E-state index in [4.69, 9.17) is 13.9 Å². The summed E-state index contributed by atoms with van der Waals surface area (Å²) < 4.78 is 16.2. The Labute approximate surface area is 138 Å². The predicted molar refractivity (Wildman–Crippen MR) is 91.3 cm³/mol. The van der Waals surface area contributed by atoms with Crippen LogP contribution in [0.4, 0.5) is 0 Å². The highest BCUT2D eigenvalue weighted by Gasteiger charge is 2.08. The third kappa shape index (κ3) is 3.15. The Morgan fingerprint density at radius 3 is 2.62 bits per heavy atom. The molecule has 0 fully saturated rings. The molecule has 1 aromatic heterocycles. The zero-order valence-electron chi connectivity index (χ0n) is 13.2. The monoisotopic (exact) mass is 324 g/mol. The molecule has 122 valence electrons. The SMILES string of the molecule is C=C(C)C(=O)OCCOc1ccc2c(=O)c3ccccc3oc2c1. The second-order valence-corrected chi connectivity index (χ2v) is 5.35. The van der Waals surface area contributed by atoms with Crippen LogP contribution < -0.4 is 10.2 Å². The Bertz CT molecular complexity index is 984. The maximum Gasteiger partial charge on any atom is 0.333 e. The van der Waals surface area contributed by atoms with E-state index in [1.807, 2.05) is 6.07 Å². The van der Waals surface area contributed by atoms with Gasteiger partial charge in [0.05, 0.1) is 10.8 Å². The van der Waals surface area contributed by atoms with Crippen LogP contribution in [0.3, 0.4) is 0 Å². The van der Waals surface area contributed by atoms with E-state index < -0.39 is 5.97 Å². The molecule has 0 bridgehead atoms. The average Bonchev–Trinajstić information content (AvgIpc) is 2.58. The van der Waals surface area contributed by atoms with Crippen molar-refractivity contribution in [1.82, 2.24) is 0 Å². The van der Waals surface area contributed by atoms with Gasteiger partial charge in [-0.05, 0) is 31.2 Å². The molecule has 1 heterocycles. The fraction of sp³-hybridized carbons (Fsp3) is 0.158. The third-order valence-electron chi connectivity index (χ3n) is 3.48. The van der Waals surface area contributed by atoms with Gasteiger partial charge in [-0.1, -0.05) is 18.7 Å². The highest BCUT2D eigenvalue weighted by Crippen LogP contribution is 2.22. The van der Waals surface area contributed by atoms with E-state index in [0.29, 0.717) is 33.3 Å². The second-order valence-electron chi connectivity index (χ2n) is 5.35. The summed E-state index contributed by atoms with van der Waals surface area (Å²) in [7, 11) is 0. The van der Waals surface area contributed by atoms with Crippen molar-refractivity contribution in [2.45, 2.75) is 6.92 Å². The number of para-hydroxylation sites is 1. The molecule has 0 aliphatic heterocycles. The Hall–Kier alpha value is -3.08. The number of hydrogen-bond acceptors (Lipinski definition) is 5. The first-order valence-electron chi connectivity index (χ1n) is 7.47. The van der Waals surface area contributed by atoms with Gasteiger partial charge in [-0.25, -0.2) is 4.79 Å². The molecule has 0 amide bonds. The first-order chi connectivity index (χ1) is 11.6. The highest BCUT2D eigenvalue weighted by molar-refractivity contribution is 5.90. The fourth-order valence-corrected chi connectivity index (χ4v) is 2.29. The number of esters is 1. The molecule has 0 unspecified atom stereocenters. The summed E-state index contributed by atoms with van der Waals surface area (Å²) in [5.74, 6) is 0.0851. The fourth-order valence-electron chi connectivity index (χ4n) is 2.29. The lowest BCUT2D eigenvalue weighted by atomic mass is 10.1. The highest BCUT2D eigenvalue weighted by atomic mass is 16.6. The van der Waals surface area contributed by atoms with Crippen LogP contribution in [0.15, 0.2) is 63.8 Å². The zero-order valence-corrected chi connectivity index (χ0v) is 13.2. The van der Waals surface area contributed by atoms with Crippen molar-refractivity contribution in [3.8, 4) is 5.75 Å². The molecule has 24 heavy (non-hydrogen) atoms. The minimum atomic E-state index is -0.449. The lowest BCUT2D eigenvalue weighted by Gasteiger charge is -2.08. The molecule has 0 saturated heterocycles. The van der Waals surface area contributed by atoms with Crippen molar-refractivity contribution >= 4 is 27.9 Å². The molecule has 3 aromatic rings. The summed E-state index contributed by atoms with van der Waals surface area (Å²) in [5.41, 5.74) is 1.25. The molecule has 0 aliphatic carbocycles. The van der Waals surface area contributed by atoms with Crippen LogP contribution in [-0.4, -0.2) is 19.2 Å².